The highest BCUT2D eigenvalue weighted by atomic mass is 32.2. The first-order valence-electron chi connectivity index (χ1n) is 8.00. The number of hydrogen-bond donors (Lipinski definition) is 2. The van der Waals surface area contributed by atoms with Crippen LogP contribution in [0.1, 0.15) is 13.8 Å². The summed E-state index contributed by atoms with van der Waals surface area (Å²) in [5, 5.41) is 13.0. The van der Waals surface area contributed by atoms with Crippen molar-refractivity contribution in [1.82, 2.24) is 20.1 Å². The fourth-order valence-electron chi connectivity index (χ4n) is 1.99. The number of rotatable bonds is 8. The molecule has 26 heavy (non-hydrogen) atoms. The van der Waals surface area contributed by atoms with Crippen LogP contribution in [0.4, 0.5) is 10.5 Å². The monoisotopic (exact) mass is 379 g/mol. The third kappa shape index (κ3) is 5.66. The number of imide groups is 1. The fraction of sp³-hybridized carbons (Fsp3) is 0.375. The Balaban J connectivity index is 1.89. The van der Waals surface area contributed by atoms with Gasteiger partial charge in [0.25, 0.3) is 0 Å². The van der Waals surface area contributed by atoms with Crippen molar-refractivity contribution >= 4 is 29.4 Å². The first-order chi connectivity index (χ1) is 12.5. The summed E-state index contributed by atoms with van der Waals surface area (Å²) in [6.45, 7) is 4.70. The van der Waals surface area contributed by atoms with E-state index in [4.69, 9.17) is 9.47 Å². The Bertz CT molecular complexity index is 765. The van der Waals surface area contributed by atoms with Crippen LogP contribution in [0.25, 0.3) is 0 Å². The third-order valence-electron chi connectivity index (χ3n) is 3.06. The molecule has 0 aliphatic carbocycles. The van der Waals surface area contributed by atoms with E-state index in [2.05, 4.69) is 20.8 Å². The summed E-state index contributed by atoms with van der Waals surface area (Å²) in [7, 11) is 1.77. The van der Waals surface area contributed by atoms with E-state index in [1.807, 2.05) is 13.8 Å². The molecule has 0 aliphatic rings. The van der Waals surface area contributed by atoms with Crippen molar-refractivity contribution in [3.8, 4) is 11.5 Å². The van der Waals surface area contributed by atoms with E-state index in [1.54, 1.807) is 29.8 Å². The highest BCUT2D eigenvalue weighted by Gasteiger charge is 2.12. The average molecular weight is 379 g/mol. The van der Waals surface area contributed by atoms with Gasteiger partial charge in [-0.05, 0) is 26.0 Å². The largest absolute Gasteiger partial charge is 0.490 e. The van der Waals surface area contributed by atoms with Gasteiger partial charge in [0.05, 0.1) is 19.0 Å². The molecule has 3 amide bonds. The summed E-state index contributed by atoms with van der Waals surface area (Å²) in [5.74, 6) is 0.729. The minimum absolute atomic E-state index is 0.0490. The van der Waals surface area contributed by atoms with E-state index < -0.39 is 11.9 Å². The predicted octanol–water partition coefficient (Wildman–Crippen LogP) is 2.05. The van der Waals surface area contributed by atoms with Crippen molar-refractivity contribution in [2.75, 3.05) is 24.3 Å². The lowest BCUT2D eigenvalue weighted by Crippen LogP contribution is -2.35. The zero-order valence-corrected chi connectivity index (χ0v) is 15.6. The third-order valence-corrected chi connectivity index (χ3v) is 4.09. The highest BCUT2D eigenvalue weighted by molar-refractivity contribution is 7.99. The number of carbonyl (C=O) groups is 2. The van der Waals surface area contributed by atoms with Gasteiger partial charge < -0.3 is 19.4 Å². The molecule has 10 heteroatoms. The average Bonchev–Trinajstić information content (AvgIpc) is 3.00. The van der Waals surface area contributed by atoms with Gasteiger partial charge in [0.2, 0.25) is 5.91 Å². The van der Waals surface area contributed by atoms with E-state index in [0.29, 0.717) is 35.6 Å². The molecule has 1 aromatic carbocycles. The van der Waals surface area contributed by atoms with Crippen LogP contribution in [0, 0.1) is 0 Å². The molecule has 2 aromatic rings. The Morgan fingerprint density at radius 1 is 1.19 bits per heavy atom. The van der Waals surface area contributed by atoms with Gasteiger partial charge in [-0.25, -0.2) is 4.79 Å². The van der Waals surface area contributed by atoms with Gasteiger partial charge in [-0.3, -0.25) is 10.1 Å². The fourth-order valence-corrected chi connectivity index (χ4v) is 2.68. The number of anilines is 1. The summed E-state index contributed by atoms with van der Waals surface area (Å²) >= 11 is 1.19. The summed E-state index contributed by atoms with van der Waals surface area (Å²) in [6, 6.07) is 4.40. The molecule has 0 radical (unpaired) electrons. The van der Waals surface area contributed by atoms with Crippen LogP contribution >= 0.6 is 11.8 Å². The standard InChI is InChI=1S/C16H21N5O4S/c1-4-24-12-7-6-11(8-13(12)25-5-2)18-15(23)19-14(22)9-26-16-20-17-10-21(16)3/h6-8,10H,4-5,9H2,1-3H3,(H2,18,19,22,23). The van der Waals surface area contributed by atoms with Crippen LogP contribution in [-0.2, 0) is 11.8 Å². The van der Waals surface area contributed by atoms with Gasteiger partial charge >= 0.3 is 6.03 Å². The first-order valence-corrected chi connectivity index (χ1v) is 8.99. The SMILES string of the molecule is CCOc1ccc(NC(=O)NC(=O)CSc2nncn2C)cc1OCC. The van der Waals surface area contributed by atoms with Crippen LogP contribution in [0.2, 0.25) is 0 Å². The van der Waals surface area contributed by atoms with E-state index in [-0.39, 0.29) is 5.75 Å². The van der Waals surface area contributed by atoms with Gasteiger partial charge in [-0.2, -0.15) is 0 Å². The van der Waals surface area contributed by atoms with Crippen molar-refractivity contribution in [1.29, 1.82) is 0 Å². The minimum atomic E-state index is -0.625. The predicted molar refractivity (Wildman–Crippen MR) is 97.7 cm³/mol. The molecule has 0 saturated carbocycles. The molecule has 0 saturated heterocycles. The van der Waals surface area contributed by atoms with Crippen molar-refractivity contribution < 1.29 is 19.1 Å². The van der Waals surface area contributed by atoms with Gasteiger partial charge in [-0.15, -0.1) is 10.2 Å². The lowest BCUT2D eigenvalue weighted by Gasteiger charge is -2.13. The lowest BCUT2D eigenvalue weighted by molar-refractivity contribution is -0.117. The Morgan fingerprint density at radius 3 is 2.58 bits per heavy atom. The second-order valence-corrected chi connectivity index (χ2v) is 5.99. The maximum absolute atomic E-state index is 12.0. The van der Waals surface area contributed by atoms with E-state index in [9.17, 15) is 9.59 Å². The number of aromatic nitrogens is 3. The summed E-state index contributed by atoms with van der Waals surface area (Å²) < 4.78 is 12.7. The van der Waals surface area contributed by atoms with E-state index >= 15 is 0 Å². The number of urea groups is 1. The Morgan fingerprint density at radius 2 is 1.92 bits per heavy atom. The number of nitrogens with zero attached hydrogens (tertiary/aromatic N) is 3. The molecule has 0 bridgehead atoms. The molecule has 2 N–H and O–H groups in total. The molecule has 0 atom stereocenters. The van der Waals surface area contributed by atoms with Gasteiger partial charge in [0.15, 0.2) is 16.7 Å². The van der Waals surface area contributed by atoms with Gasteiger partial charge in [-0.1, -0.05) is 11.8 Å². The summed E-state index contributed by atoms with van der Waals surface area (Å²) in [6.07, 6.45) is 1.54. The van der Waals surface area contributed by atoms with Crippen LogP contribution in [-0.4, -0.2) is 45.7 Å². The Labute approximate surface area is 155 Å². The highest BCUT2D eigenvalue weighted by Crippen LogP contribution is 2.30. The molecule has 0 aliphatic heterocycles. The zero-order chi connectivity index (χ0) is 18.9. The topological polar surface area (TPSA) is 107 Å². The summed E-state index contributed by atoms with van der Waals surface area (Å²) in [4.78, 5) is 23.8. The number of amides is 3. The van der Waals surface area contributed by atoms with Gasteiger partial charge in [0, 0.05) is 18.8 Å². The van der Waals surface area contributed by atoms with Crippen LogP contribution < -0.4 is 20.1 Å². The molecular formula is C16H21N5O4S. The Hall–Kier alpha value is -2.75. The number of aryl methyl sites for hydroxylation is 1. The molecule has 2 rings (SSSR count). The second kappa shape index (κ2) is 9.66. The molecule has 0 unspecified atom stereocenters. The first kappa shape index (κ1) is 19.6. The van der Waals surface area contributed by atoms with Crippen molar-refractivity contribution in [3.05, 3.63) is 24.5 Å². The summed E-state index contributed by atoms with van der Waals surface area (Å²) in [5.41, 5.74) is 0.489. The lowest BCUT2D eigenvalue weighted by atomic mass is 10.2. The molecule has 0 spiro atoms. The van der Waals surface area contributed by atoms with Crippen LogP contribution in [0.5, 0.6) is 11.5 Å². The second-order valence-electron chi connectivity index (χ2n) is 5.04. The van der Waals surface area contributed by atoms with Crippen LogP contribution in [0.15, 0.2) is 29.7 Å². The normalized spacial score (nSPS) is 10.3. The maximum atomic E-state index is 12.0. The smallest absolute Gasteiger partial charge is 0.325 e. The van der Waals surface area contributed by atoms with Gasteiger partial charge in [0.1, 0.15) is 6.33 Å². The molecule has 1 heterocycles. The number of ether oxygens (including phenoxy) is 2. The maximum Gasteiger partial charge on any atom is 0.325 e. The molecule has 0 fully saturated rings. The van der Waals surface area contributed by atoms with Crippen LogP contribution in [0.3, 0.4) is 0 Å². The van der Waals surface area contributed by atoms with E-state index in [1.165, 1.54) is 18.1 Å². The number of nitrogens with one attached hydrogen (secondary N) is 2. The zero-order valence-electron chi connectivity index (χ0n) is 14.8. The minimum Gasteiger partial charge on any atom is -0.490 e. The molecule has 140 valence electrons. The number of carbonyl (C=O) groups excluding carboxylic acids is 2. The molecular weight excluding hydrogens is 358 g/mol. The number of hydrogen-bond acceptors (Lipinski definition) is 7. The number of thioether (sulfide) groups is 1. The number of benzene rings is 1. The van der Waals surface area contributed by atoms with E-state index in [0.717, 1.165) is 0 Å². The quantitative estimate of drug-likeness (QED) is 0.676. The van der Waals surface area contributed by atoms with Crippen molar-refractivity contribution in [3.63, 3.8) is 0 Å². The Kier molecular flexibility index (Phi) is 7.27. The van der Waals surface area contributed by atoms with Crippen molar-refractivity contribution in [2.45, 2.75) is 19.0 Å². The molecule has 1 aromatic heterocycles. The van der Waals surface area contributed by atoms with Crippen molar-refractivity contribution in [2.24, 2.45) is 7.05 Å². The molecule has 9 nitrogen and oxygen atoms in total.